The van der Waals surface area contributed by atoms with E-state index in [2.05, 4.69) is 13.8 Å². The zero-order chi connectivity index (χ0) is 23.5. The Hall–Kier alpha value is -2.99. The Morgan fingerprint density at radius 2 is 1.62 bits per heavy atom. The van der Waals surface area contributed by atoms with E-state index in [-0.39, 0.29) is 6.10 Å². The van der Waals surface area contributed by atoms with Crippen molar-refractivity contribution in [3.8, 4) is 16.9 Å². The number of carbonyl (C=O) groups excluding carboxylic acids is 1. The van der Waals surface area contributed by atoms with E-state index in [9.17, 15) is 18.0 Å². The molecule has 3 rings (SSSR count). The molecule has 1 amide bonds. The maximum Gasteiger partial charge on any atom is 0.416 e. The summed E-state index contributed by atoms with van der Waals surface area (Å²) in [5.74, 6) is 0.386. The molecule has 3 nitrogen and oxygen atoms in total. The molecule has 0 heterocycles. The predicted molar refractivity (Wildman–Crippen MR) is 120 cm³/mol. The Labute approximate surface area is 190 Å². The first-order chi connectivity index (χ1) is 15.0. The van der Waals surface area contributed by atoms with Crippen LogP contribution in [-0.4, -0.2) is 5.91 Å². The van der Waals surface area contributed by atoms with Crippen molar-refractivity contribution in [3.05, 3.63) is 88.4 Å². The van der Waals surface area contributed by atoms with E-state index < -0.39 is 17.6 Å². The van der Waals surface area contributed by atoms with Gasteiger partial charge in [0.05, 0.1) is 10.6 Å². The maximum absolute atomic E-state index is 12.8. The topological polar surface area (TPSA) is 52.3 Å². The highest BCUT2D eigenvalue weighted by atomic mass is 35.5. The summed E-state index contributed by atoms with van der Waals surface area (Å²) in [5, 5.41) is 0.370. The van der Waals surface area contributed by atoms with Gasteiger partial charge in [-0.1, -0.05) is 49.7 Å². The number of benzene rings is 3. The Morgan fingerprint density at radius 3 is 2.12 bits per heavy atom. The van der Waals surface area contributed by atoms with Crippen LogP contribution in [-0.2, 0) is 6.18 Å². The van der Waals surface area contributed by atoms with E-state index in [1.54, 1.807) is 30.3 Å². The molecule has 0 spiro atoms. The summed E-state index contributed by atoms with van der Waals surface area (Å²) < 4.78 is 44.6. The van der Waals surface area contributed by atoms with Crippen LogP contribution in [0.4, 0.5) is 13.2 Å². The second-order valence-electron chi connectivity index (χ2n) is 7.94. The van der Waals surface area contributed by atoms with Crippen molar-refractivity contribution in [1.29, 1.82) is 0 Å². The molecule has 2 N–H and O–H groups in total. The molecule has 3 aromatic rings. The van der Waals surface area contributed by atoms with Gasteiger partial charge in [-0.15, -0.1) is 0 Å². The van der Waals surface area contributed by atoms with Gasteiger partial charge in [-0.25, -0.2) is 0 Å². The third-order valence-corrected chi connectivity index (χ3v) is 5.31. The lowest BCUT2D eigenvalue weighted by atomic mass is 9.98. The summed E-state index contributed by atoms with van der Waals surface area (Å²) >= 11 is 6.43. The van der Waals surface area contributed by atoms with Gasteiger partial charge in [-0.05, 0) is 65.9 Å². The number of hydrogen-bond acceptors (Lipinski definition) is 2. The number of halogens is 4. The minimum absolute atomic E-state index is 0.273. The monoisotopic (exact) mass is 461 g/mol. The summed E-state index contributed by atoms with van der Waals surface area (Å²) in [6.07, 6.45) is -3.93. The number of nitrogens with two attached hydrogens (primary N) is 1. The molecule has 0 fully saturated rings. The van der Waals surface area contributed by atoms with Crippen molar-refractivity contribution in [3.63, 3.8) is 0 Å². The molecule has 1 atom stereocenters. The van der Waals surface area contributed by atoms with Crippen LogP contribution in [0.25, 0.3) is 11.1 Å². The van der Waals surface area contributed by atoms with Crippen LogP contribution in [0.1, 0.15) is 47.9 Å². The minimum atomic E-state index is -4.39. The summed E-state index contributed by atoms with van der Waals surface area (Å²) in [6, 6.07) is 16.9. The molecular formula is C25H23ClF3NO2. The number of ether oxygens (including phenoxy) is 1. The van der Waals surface area contributed by atoms with Crippen molar-refractivity contribution in [2.75, 3.05) is 0 Å². The lowest BCUT2D eigenvalue weighted by molar-refractivity contribution is -0.137. The minimum Gasteiger partial charge on any atom is -0.486 e. The summed E-state index contributed by atoms with van der Waals surface area (Å²) in [5.41, 5.74) is 7.10. The van der Waals surface area contributed by atoms with Crippen molar-refractivity contribution in [2.24, 2.45) is 11.7 Å². The average Bonchev–Trinajstić information content (AvgIpc) is 2.72. The third kappa shape index (κ3) is 5.82. The fourth-order valence-electron chi connectivity index (χ4n) is 3.35. The zero-order valence-corrected chi connectivity index (χ0v) is 18.4. The lowest BCUT2D eigenvalue weighted by Crippen LogP contribution is -2.13. The van der Waals surface area contributed by atoms with Crippen LogP contribution in [0, 0.1) is 5.92 Å². The Bertz CT molecular complexity index is 1080. The van der Waals surface area contributed by atoms with Crippen LogP contribution in [0.2, 0.25) is 5.02 Å². The molecule has 0 saturated carbocycles. The number of primary amides is 1. The van der Waals surface area contributed by atoms with Gasteiger partial charge >= 0.3 is 6.18 Å². The normalized spacial score (nSPS) is 12.6. The van der Waals surface area contributed by atoms with Gasteiger partial charge in [-0.3, -0.25) is 4.79 Å². The molecule has 32 heavy (non-hydrogen) atoms. The average molecular weight is 462 g/mol. The number of amides is 1. The predicted octanol–water partition coefficient (Wildman–Crippen LogP) is 7.29. The van der Waals surface area contributed by atoms with E-state index in [1.165, 1.54) is 12.1 Å². The van der Waals surface area contributed by atoms with Crippen molar-refractivity contribution >= 4 is 17.5 Å². The number of hydrogen-bond donors (Lipinski definition) is 1. The van der Waals surface area contributed by atoms with E-state index in [1.807, 2.05) is 12.1 Å². The summed E-state index contributed by atoms with van der Waals surface area (Å²) in [4.78, 5) is 11.3. The Balaban J connectivity index is 1.83. The first-order valence-electron chi connectivity index (χ1n) is 10.1. The van der Waals surface area contributed by atoms with Crippen LogP contribution in [0.5, 0.6) is 5.75 Å². The standard InChI is InChI=1S/C25H23ClF3NO2/c1-15(2)13-23(17-3-5-18(6-4-17)24(30)31)32-20-11-12-21(22(26)14-20)16-7-9-19(10-8-16)25(27,28)29/h3-12,14-15,23H,13H2,1-2H3,(H2,30,31). The van der Waals surface area contributed by atoms with Crippen LogP contribution in [0.3, 0.4) is 0 Å². The van der Waals surface area contributed by atoms with Crippen LogP contribution < -0.4 is 10.5 Å². The van der Waals surface area contributed by atoms with Crippen molar-refractivity contribution in [1.82, 2.24) is 0 Å². The van der Waals surface area contributed by atoms with Gasteiger partial charge in [0.2, 0.25) is 5.91 Å². The van der Waals surface area contributed by atoms with Crippen LogP contribution in [0.15, 0.2) is 66.7 Å². The van der Waals surface area contributed by atoms with Gasteiger partial charge in [-0.2, -0.15) is 13.2 Å². The molecule has 168 valence electrons. The fraction of sp³-hybridized carbons (Fsp3) is 0.240. The molecule has 3 aromatic carbocycles. The molecule has 1 unspecified atom stereocenters. The molecule has 0 radical (unpaired) electrons. The number of alkyl halides is 3. The van der Waals surface area contributed by atoms with Gasteiger partial charge in [0, 0.05) is 11.1 Å². The Morgan fingerprint density at radius 1 is 1.00 bits per heavy atom. The highest BCUT2D eigenvalue weighted by molar-refractivity contribution is 6.33. The lowest BCUT2D eigenvalue weighted by Gasteiger charge is -2.22. The largest absolute Gasteiger partial charge is 0.486 e. The van der Waals surface area contributed by atoms with Crippen LogP contribution >= 0.6 is 11.6 Å². The summed E-state index contributed by atoms with van der Waals surface area (Å²) in [6.45, 7) is 4.16. The number of rotatable bonds is 7. The quantitative estimate of drug-likeness (QED) is 0.401. The highest BCUT2D eigenvalue weighted by Gasteiger charge is 2.30. The molecule has 0 aliphatic rings. The first kappa shape index (κ1) is 23.7. The molecule has 0 aromatic heterocycles. The molecule has 0 saturated heterocycles. The fourth-order valence-corrected chi connectivity index (χ4v) is 3.63. The van der Waals surface area contributed by atoms with Crippen molar-refractivity contribution < 1.29 is 22.7 Å². The second-order valence-corrected chi connectivity index (χ2v) is 8.35. The Kier molecular flexibility index (Phi) is 7.14. The van der Waals surface area contributed by atoms with Gasteiger partial charge in [0.25, 0.3) is 0 Å². The SMILES string of the molecule is CC(C)CC(Oc1ccc(-c2ccc(C(F)(F)F)cc2)c(Cl)c1)c1ccc(C(N)=O)cc1. The highest BCUT2D eigenvalue weighted by Crippen LogP contribution is 2.36. The van der Waals surface area contributed by atoms with E-state index in [4.69, 9.17) is 22.1 Å². The van der Waals surface area contributed by atoms with Gasteiger partial charge in [0.15, 0.2) is 0 Å². The van der Waals surface area contributed by atoms with E-state index >= 15 is 0 Å². The third-order valence-electron chi connectivity index (χ3n) is 4.99. The summed E-state index contributed by atoms with van der Waals surface area (Å²) in [7, 11) is 0. The van der Waals surface area contributed by atoms with E-state index in [0.717, 1.165) is 24.1 Å². The molecule has 0 bridgehead atoms. The molecule has 0 aliphatic heterocycles. The number of carbonyl (C=O) groups is 1. The zero-order valence-electron chi connectivity index (χ0n) is 17.6. The molecule has 0 aliphatic carbocycles. The maximum atomic E-state index is 12.8. The van der Waals surface area contributed by atoms with Gasteiger partial charge < -0.3 is 10.5 Å². The van der Waals surface area contributed by atoms with E-state index in [0.29, 0.717) is 33.4 Å². The van der Waals surface area contributed by atoms with Crippen molar-refractivity contribution in [2.45, 2.75) is 32.5 Å². The van der Waals surface area contributed by atoms with Gasteiger partial charge in [0.1, 0.15) is 11.9 Å². The molecular weight excluding hydrogens is 439 g/mol. The molecule has 7 heteroatoms. The first-order valence-corrected chi connectivity index (χ1v) is 10.5. The smallest absolute Gasteiger partial charge is 0.416 e. The second kappa shape index (κ2) is 9.65.